The molecule has 2 aromatic rings. The van der Waals surface area contributed by atoms with E-state index >= 15 is 0 Å². The second-order valence-electron chi connectivity index (χ2n) is 3.72. The van der Waals surface area contributed by atoms with Gasteiger partial charge in [0.2, 0.25) is 0 Å². The van der Waals surface area contributed by atoms with E-state index in [4.69, 9.17) is 23.2 Å². The van der Waals surface area contributed by atoms with E-state index in [1.54, 1.807) is 30.7 Å². The van der Waals surface area contributed by atoms with Crippen molar-refractivity contribution in [3.8, 4) is 0 Å². The molecule has 0 aliphatic carbocycles. The molecule has 0 saturated heterocycles. The largest absolute Gasteiger partial charge is 0.337 e. The van der Waals surface area contributed by atoms with Gasteiger partial charge in [-0.2, -0.15) is 0 Å². The summed E-state index contributed by atoms with van der Waals surface area (Å²) >= 11 is 11.8. The molecule has 0 saturated carbocycles. The van der Waals surface area contributed by atoms with E-state index in [1.165, 1.54) is 0 Å². The molecule has 17 heavy (non-hydrogen) atoms. The van der Waals surface area contributed by atoms with Crippen LogP contribution in [-0.4, -0.2) is 15.3 Å². The zero-order valence-electron chi connectivity index (χ0n) is 9.15. The van der Waals surface area contributed by atoms with Crippen LogP contribution in [0.1, 0.15) is 16.1 Å². The molecule has 0 amide bonds. The van der Waals surface area contributed by atoms with Gasteiger partial charge < -0.3 is 4.57 Å². The SMILES string of the molecule is Cn1cncc1CC(=O)c1ccc(Cl)cc1Cl. The van der Waals surface area contributed by atoms with Crippen molar-refractivity contribution in [2.24, 2.45) is 7.05 Å². The van der Waals surface area contributed by atoms with Crippen molar-refractivity contribution in [1.29, 1.82) is 0 Å². The summed E-state index contributed by atoms with van der Waals surface area (Å²) in [7, 11) is 1.85. The second-order valence-corrected chi connectivity index (χ2v) is 4.56. The van der Waals surface area contributed by atoms with Crippen LogP contribution in [0, 0.1) is 0 Å². The number of rotatable bonds is 3. The van der Waals surface area contributed by atoms with Gasteiger partial charge in [0.15, 0.2) is 5.78 Å². The van der Waals surface area contributed by atoms with Gasteiger partial charge in [0.05, 0.1) is 17.8 Å². The van der Waals surface area contributed by atoms with Crippen molar-refractivity contribution in [2.45, 2.75) is 6.42 Å². The normalized spacial score (nSPS) is 10.5. The fourth-order valence-corrected chi connectivity index (χ4v) is 2.04. The second kappa shape index (κ2) is 4.90. The number of hydrogen-bond acceptors (Lipinski definition) is 2. The van der Waals surface area contributed by atoms with Gasteiger partial charge in [-0.15, -0.1) is 0 Å². The summed E-state index contributed by atoms with van der Waals surface area (Å²) in [5, 5.41) is 0.900. The number of Topliss-reactive ketones (excluding diaryl/α,β-unsaturated/α-hetero) is 1. The Morgan fingerprint density at radius 2 is 2.18 bits per heavy atom. The Morgan fingerprint density at radius 3 is 2.76 bits per heavy atom. The molecule has 3 nitrogen and oxygen atoms in total. The number of ketones is 1. The number of aryl methyl sites for hydroxylation is 1. The first-order valence-corrected chi connectivity index (χ1v) is 5.77. The van der Waals surface area contributed by atoms with Crippen LogP contribution in [0.2, 0.25) is 10.0 Å². The van der Waals surface area contributed by atoms with E-state index < -0.39 is 0 Å². The highest BCUT2D eigenvalue weighted by molar-refractivity contribution is 6.36. The Bertz CT molecular complexity index is 563. The molecule has 1 aromatic heterocycles. The molecule has 88 valence electrons. The molecule has 0 atom stereocenters. The van der Waals surface area contributed by atoms with Crippen molar-refractivity contribution in [3.63, 3.8) is 0 Å². The molecule has 0 aliphatic rings. The van der Waals surface area contributed by atoms with Crippen LogP contribution >= 0.6 is 23.2 Å². The number of aromatic nitrogens is 2. The van der Waals surface area contributed by atoms with E-state index in [0.717, 1.165) is 5.69 Å². The maximum absolute atomic E-state index is 12.0. The predicted octanol–water partition coefficient (Wildman–Crippen LogP) is 3.15. The van der Waals surface area contributed by atoms with Gasteiger partial charge in [-0.1, -0.05) is 23.2 Å². The highest BCUT2D eigenvalue weighted by Gasteiger charge is 2.13. The van der Waals surface area contributed by atoms with E-state index in [2.05, 4.69) is 4.98 Å². The summed E-state index contributed by atoms with van der Waals surface area (Å²) in [6.45, 7) is 0. The lowest BCUT2D eigenvalue weighted by Gasteiger charge is -2.04. The predicted molar refractivity (Wildman–Crippen MR) is 67.7 cm³/mol. The van der Waals surface area contributed by atoms with Gasteiger partial charge >= 0.3 is 0 Å². The molecule has 1 aromatic carbocycles. The van der Waals surface area contributed by atoms with Crippen LogP contribution in [0.25, 0.3) is 0 Å². The maximum Gasteiger partial charge on any atom is 0.170 e. The number of hydrogen-bond donors (Lipinski definition) is 0. The Labute approximate surface area is 109 Å². The molecule has 0 unspecified atom stereocenters. The molecule has 5 heteroatoms. The average molecular weight is 269 g/mol. The van der Waals surface area contributed by atoms with E-state index in [-0.39, 0.29) is 12.2 Å². The molecule has 0 fully saturated rings. The lowest BCUT2D eigenvalue weighted by molar-refractivity contribution is 0.0991. The summed E-state index contributed by atoms with van der Waals surface area (Å²) in [4.78, 5) is 16.0. The van der Waals surface area contributed by atoms with Crippen LogP contribution in [0.15, 0.2) is 30.7 Å². The summed E-state index contributed by atoms with van der Waals surface area (Å²) in [5.41, 5.74) is 1.33. The third kappa shape index (κ3) is 2.68. The summed E-state index contributed by atoms with van der Waals surface area (Å²) < 4.78 is 1.81. The third-order valence-electron chi connectivity index (χ3n) is 2.49. The fraction of sp³-hybridized carbons (Fsp3) is 0.167. The van der Waals surface area contributed by atoms with Crippen LogP contribution < -0.4 is 0 Å². The lowest BCUT2D eigenvalue weighted by Crippen LogP contribution is -2.07. The topological polar surface area (TPSA) is 34.9 Å². The maximum atomic E-state index is 12.0. The van der Waals surface area contributed by atoms with Gasteiger partial charge in [-0.05, 0) is 18.2 Å². The van der Waals surface area contributed by atoms with Crippen LogP contribution in [-0.2, 0) is 13.5 Å². The minimum Gasteiger partial charge on any atom is -0.337 e. The zero-order valence-corrected chi connectivity index (χ0v) is 10.7. The van der Waals surface area contributed by atoms with Crippen molar-refractivity contribution in [2.75, 3.05) is 0 Å². The Balaban J connectivity index is 2.23. The summed E-state index contributed by atoms with van der Waals surface area (Å²) in [5.74, 6) is -0.0460. The van der Waals surface area contributed by atoms with Gasteiger partial charge in [-0.25, -0.2) is 4.98 Å². The average Bonchev–Trinajstić information content (AvgIpc) is 2.64. The van der Waals surface area contributed by atoms with Crippen molar-refractivity contribution < 1.29 is 4.79 Å². The number of halogens is 2. The molecule has 0 spiro atoms. The van der Waals surface area contributed by atoms with Gasteiger partial charge in [0.25, 0.3) is 0 Å². The number of carbonyl (C=O) groups excluding carboxylic acids is 1. The minimum atomic E-state index is -0.0460. The first-order valence-electron chi connectivity index (χ1n) is 5.01. The van der Waals surface area contributed by atoms with E-state index in [1.807, 2.05) is 11.6 Å². The molecule has 0 radical (unpaired) electrons. The van der Waals surface area contributed by atoms with Crippen LogP contribution in [0.5, 0.6) is 0 Å². The monoisotopic (exact) mass is 268 g/mol. The lowest BCUT2D eigenvalue weighted by atomic mass is 10.1. The highest BCUT2D eigenvalue weighted by Crippen LogP contribution is 2.22. The molecule has 2 rings (SSSR count). The van der Waals surface area contributed by atoms with Crippen LogP contribution in [0.4, 0.5) is 0 Å². The quantitative estimate of drug-likeness (QED) is 0.802. The fourth-order valence-electron chi connectivity index (χ4n) is 1.53. The first-order chi connectivity index (χ1) is 8.08. The van der Waals surface area contributed by atoms with E-state index in [9.17, 15) is 4.79 Å². The standard InChI is InChI=1S/C12H10Cl2N2O/c1-16-7-15-6-9(16)5-12(17)10-3-2-8(13)4-11(10)14/h2-4,6-7H,5H2,1H3. The molecular weight excluding hydrogens is 259 g/mol. The Kier molecular flexibility index (Phi) is 3.50. The summed E-state index contributed by atoms with van der Waals surface area (Å²) in [6.07, 6.45) is 3.60. The number of imidazole rings is 1. The Hall–Kier alpha value is -1.32. The number of nitrogens with zero attached hydrogens (tertiary/aromatic N) is 2. The van der Waals surface area contributed by atoms with Gasteiger partial charge in [0, 0.05) is 29.5 Å². The van der Waals surface area contributed by atoms with Crippen molar-refractivity contribution in [3.05, 3.63) is 52.0 Å². The smallest absolute Gasteiger partial charge is 0.170 e. The summed E-state index contributed by atoms with van der Waals surface area (Å²) in [6, 6.07) is 4.87. The third-order valence-corrected chi connectivity index (χ3v) is 3.04. The van der Waals surface area contributed by atoms with E-state index in [0.29, 0.717) is 15.6 Å². The Morgan fingerprint density at radius 1 is 1.41 bits per heavy atom. The number of carbonyl (C=O) groups is 1. The van der Waals surface area contributed by atoms with Crippen molar-refractivity contribution in [1.82, 2.24) is 9.55 Å². The van der Waals surface area contributed by atoms with Gasteiger partial charge in [0.1, 0.15) is 0 Å². The van der Waals surface area contributed by atoms with Gasteiger partial charge in [-0.3, -0.25) is 4.79 Å². The van der Waals surface area contributed by atoms with Crippen molar-refractivity contribution >= 4 is 29.0 Å². The molecule has 0 bridgehead atoms. The molecular formula is C12H10Cl2N2O. The molecule has 0 N–H and O–H groups in total. The highest BCUT2D eigenvalue weighted by atomic mass is 35.5. The zero-order chi connectivity index (χ0) is 12.4. The molecule has 0 aliphatic heterocycles. The first kappa shape index (κ1) is 12.1. The minimum absolute atomic E-state index is 0.0460. The molecule has 1 heterocycles. The number of benzene rings is 1. The van der Waals surface area contributed by atoms with Crippen LogP contribution in [0.3, 0.4) is 0 Å².